The standard InChI is InChI=1S/C17H26N2O3S.ClH/c1-3-17(20)15-6-5-7-16(12-15)23(21,22)19-10-8-14(9-11-19)13-18-4-2;/h5-7,12,14,18H,3-4,8-11,13H2,1-2H3;1H. The van der Waals surface area contributed by atoms with E-state index >= 15 is 0 Å². The molecule has 0 spiro atoms. The Bertz CT molecular complexity index is 641. The van der Waals surface area contributed by atoms with E-state index in [2.05, 4.69) is 12.2 Å². The Morgan fingerprint density at radius 3 is 2.50 bits per heavy atom. The Labute approximate surface area is 151 Å². The van der Waals surface area contributed by atoms with Crippen LogP contribution < -0.4 is 5.32 Å². The monoisotopic (exact) mass is 374 g/mol. The molecule has 136 valence electrons. The lowest BCUT2D eigenvalue weighted by molar-refractivity contribution is 0.0988. The molecule has 0 amide bonds. The van der Waals surface area contributed by atoms with Gasteiger partial charge in [0.15, 0.2) is 5.78 Å². The molecule has 5 nitrogen and oxygen atoms in total. The topological polar surface area (TPSA) is 66.5 Å². The maximum absolute atomic E-state index is 12.8. The number of sulfonamides is 1. The van der Waals surface area contributed by atoms with Gasteiger partial charge in [-0.2, -0.15) is 4.31 Å². The van der Waals surface area contributed by atoms with E-state index in [1.54, 1.807) is 29.4 Å². The smallest absolute Gasteiger partial charge is 0.243 e. The fourth-order valence-electron chi connectivity index (χ4n) is 2.89. The fraction of sp³-hybridized carbons (Fsp3) is 0.588. The summed E-state index contributed by atoms with van der Waals surface area (Å²) in [5, 5.41) is 3.32. The van der Waals surface area contributed by atoms with Gasteiger partial charge in [-0.25, -0.2) is 8.42 Å². The number of hydrogen-bond donors (Lipinski definition) is 1. The van der Waals surface area contributed by atoms with Gasteiger partial charge in [0.25, 0.3) is 0 Å². The minimum atomic E-state index is -3.51. The summed E-state index contributed by atoms with van der Waals surface area (Å²) in [6.45, 7) is 6.83. The average Bonchev–Trinajstić information content (AvgIpc) is 2.59. The highest BCUT2D eigenvalue weighted by molar-refractivity contribution is 7.89. The van der Waals surface area contributed by atoms with E-state index in [9.17, 15) is 13.2 Å². The molecular formula is C17H27ClN2O3S. The van der Waals surface area contributed by atoms with Crippen molar-refractivity contribution in [3.05, 3.63) is 29.8 Å². The van der Waals surface area contributed by atoms with Crippen LogP contribution in [0.25, 0.3) is 0 Å². The summed E-state index contributed by atoms with van der Waals surface area (Å²) in [7, 11) is -3.51. The number of ketones is 1. The maximum Gasteiger partial charge on any atom is 0.243 e. The maximum atomic E-state index is 12.8. The largest absolute Gasteiger partial charge is 0.317 e. The normalized spacial score (nSPS) is 16.6. The second kappa shape index (κ2) is 9.51. The number of rotatable bonds is 7. The van der Waals surface area contributed by atoms with Gasteiger partial charge < -0.3 is 5.32 Å². The van der Waals surface area contributed by atoms with Crippen LogP contribution in [0, 0.1) is 5.92 Å². The van der Waals surface area contributed by atoms with Gasteiger partial charge in [-0.15, -0.1) is 12.4 Å². The number of piperidine rings is 1. The van der Waals surface area contributed by atoms with E-state index in [0.717, 1.165) is 25.9 Å². The van der Waals surface area contributed by atoms with Crippen LogP contribution in [-0.4, -0.2) is 44.7 Å². The van der Waals surface area contributed by atoms with Crippen LogP contribution in [0.15, 0.2) is 29.2 Å². The fourth-order valence-corrected chi connectivity index (χ4v) is 4.40. The molecule has 0 unspecified atom stereocenters. The van der Waals surface area contributed by atoms with Crippen LogP contribution in [0.1, 0.15) is 43.5 Å². The summed E-state index contributed by atoms with van der Waals surface area (Å²) in [6, 6.07) is 6.40. The molecule has 0 aliphatic carbocycles. The minimum Gasteiger partial charge on any atom is -0.317 e. The highest BCUT2D eigenvalue weighted by Crippen LogP contribution is 2.24. The molecule has 0 aromatic heterocycles. The number of carbonyl (C=O) groups excluding carboxylic acids is 1. The summed E-state index contributed by atoms with van der Waals surface area (Å²) in [5.41, 5.74) is 0.468. The molecule has 1 fully saturated rings. The molecule has 2 rings (SSSR count). The molecular weight excluding hydrogens is 348 g/mol. The van der Waals surface area contributed by atoms with Crippen molar-refractivity contribution in [1.82, 2.24) is 9.62 Å². The van der Waals surface area contributed by atoms with Crippen LogP contribution >= 0.6 is 12.4 Å². The molecule has 0 saturated carbocycles. The molecule has 1 aromatic carbocycles. The third kappa shape index (κ3) is 5.02. The van der Waals surface area contributed by atoms with Gasteiger partial charge in [-0.3, -0.25) is 4.79 Å². The second-order valence-corrected chi connectivity index (χ2v) is 7.90. The number of Topliss-reactive ketones (excluding diaryl/α,β-unsaturated/α-hetero) is 1. The Hall–Kier alpha value is -0.950. The van der Waals surface area contributed by atoms with Crippen molar-refractivity contribution < 1.29 is 13.2 Å². The van der Waals surface area contributed by atoms with E-state index < -0.39 is 10.0 Å². The van der Waals surface area contributed by atoms with Gasteiger partial charge in [-0.1, -0.05) is 26.0 Å². The molecule has 0 radical (unpaired) electrons. The molecule has 1 saturated heterocycles. The summed E-state index contributed by atoms with van der Waals surface area (Å²) in [4.78, 5) is 12.0. The van der Waals surface area contributed by atoms with Gasteiger partial charge in [0.05, 0.1) is 4.90 Å². The Morgan fingerprint density at radius 1 is 1.25 bits per heavy atom. The van der Waals surface area contributed by atoms with Crippen LogP contribution in [0.4, 0.5) is 0 Å². The lowest BCUT2D eigenvalue weighted by atomic mass is 9.98. The van der Waals surface area contributed by atoms with E-state index in [1.165, 1.54) is 6.07 Å². The number of carbonyl (C=O) groups is 1. The van der Waals surface area contributed by atoms with Crippen LogP contribution in [0.5, 0.6) is 0 Å². The highest BCUT2D eigenvalue weighted by Gasteiger charge is 2.29. The Kier molecular flexibility index (Phi) is 8.36. The molecule has 1 aliphatic rings. The van der Waals surface area contributed by atoms with Crippen molar-refractivity contribution in [2.75, 3.05) is 26.2 Å². The Balaban J connectivity index is 0.00000288. The third-order valence-electron chi connectivity index (χ3n) is 4.37. The molecule has 1 N–H and O–H groups in total. The van der Waals surface area contributed by atoms with E-state index in [1.807, 2.05) is 0 Å². The van der Waals surface area contributed by atoms with Crippen LogP contribution in [0.3, 0.4) is 0 Å². The molecule has 7 heteroatoms. The SMILES string of the molecule is CCNCC1CCN(S(=O)(=O)c2cccc(C(=O)CC)c2)CC1.Cl. The Morgan fingerprint density at radius 2 is 1.92 bits per heavy atom. The van der Waals surface area contributed by atoms with Gasteiger partial charge in [0, 0.05) is 25.1 Å². The quantitative estimate of drug-likeness (QED) is 0.745. The molecule has 1 aliphatic heterocycles. The molecule has 0 bridgehead atoms. The zero-order valence-electron chi connectivity index (χ0n) is 14.3. The lowest BCUT2D eigenvalue weighted by Gasteiger charge is -2.31. The summed E-state index contributed by atoms with van der Waals surface area (Å²) in [6.07, 6.45) is 2.12. The van der Waals surface area contributed by atoms with Crippen LogP contribution in [0.2, 0.25) is 0 Å². The first-order chi connectivity index (χ1) is 11.0. The zero-order valence-corrected chi connectivity index (χ0v) is 16.0. The minimum absolute atomic E-state index is 0. The predicted molar refractivity (Wildman–Crippen MR) is 98.3 cm³/mol. The van der Waals surface area contributed by atoms with E-state index in [0.29, 0.717) is 31.0 Å². The zero-order chi connectivity index (χ0) is 16.9. The van der Waals surface area contributed by atoms with Crippen molar-refractivity contribution in [3.8, 4) is 0 Å². The van der Waals surface area contributed by atoms with Gasteiger partial charge in [0.1, 0.15) is 0 Å². The van der Waals surface area contributed by atoms with Crippen molar-refractivity contribution in [3.63, 3.8) is 0 Å². The number of nitrogens with one attached hydrogen (secondary N) is 1. The van der Waals surface area contributed by atoms with Crippen molar-refractivity contribution in [2.24, 2.45) is 5.92 Å². The average molecular weight is 375 g/mol. The first-order valence-electron chi connectivity index (χ1n) is 8.33. The third-order valence-corrected chi connectivity index (χ3v) is 6.27. The van der Waals surface area contributed by atoms with Crippen molar-refractivity contribution >= 4 is 28.2 Å². The first-order valence-corrected chi connectivity index (χ1v) is 9.77. The van der Waals surface area contributed by atoms with Crippen molar-refractivity contribution in [2.45, 2.75) is 38.0 Å². The van der Waals surface area contributed by atoms with E-state index in [-0.39, 0.29) is 23.1 Å². The number of hydrogen-bond acceptors (Lipinski definition) is 4. The van der Waals surface area contributed by atoms with Gasteiger partial charge >= 0.3 is 0 Å². The number of halogens is 1. The molecule has 1 aromatic rings. The van der Waals surface area contributed by atoms with Gasteiger partial charge in [0.2, 0.25) is 10.0 Å². The lowest BCUT2D eigenvalue weighted by Crippen LogP contribution is -2.40. The number of benzene rings is 1. The molecule has 0 atom stereocenters. The summed E-state index contributed by atoms with van der Waals surface area (Å²) < 4.78 is 27.1. The van der Waals surface area contributed by atoms with Crippen LogP contribution in [-0.2, 0) is 10.0 Å². The van der Waals surface area contributed by atoms with E-state index in [4.69, 9.17) is 0 Å². The van der Waals surface area contributed by atoms with Crippen molar-refractivity contribution in [1.29, 1.82) is 0 Å². The summed E-state index contributed by atoms with van der Waals surface area (Å²) in [5.74, 6) is 0.501. The summed E-state index contributed by atoms with van der Waals surface area (Å²) >= 11 is 0. The molecule has 1 heterocycles. The molecule has 24 heavy (non-hydrogen) atoms. The first kappa shape index (κ1) is 21.1. The van der Waals surface area contributed by atoms with Gasteiger partial charge in [-0.05, 0) is 44.0 Å². The second-order valence-electron chi connectivity index (χ2n) is 5.96. The number of nitrogens with zero attached hydrogens (tertiary/aromatic N) is 1. The predicted octanol–water partition coefficient (Wildman–Crippen LogP) is 2.71. The highest BCUT2D eigenvalue weighted by atomic mass is 35.5.